The van der Waals surface area contributed by atoms with E-state index in [0.29, 0.717) is 24.0 Å². The number of nitrogens with one attached hydrogen (secondary N) is 1. The van der Waals surface area contributed by atoms with Gasteiger partial charge in [0.25, 0.3) is 0 Å². The zero-order chi connectivity index (χ0) is 20.1. The summed E-state index contributed by atoms with van der Waals surface area (Å²) < 4.78 is 5.30. The van der Waals surface area contributed by atoms with Gasteiger partial charge in [0.05, 0.1) is 18.9 Å². The highest BCUT2D eigenvalue weighted by Crippen LogP contribution is 2.29. The molecule has 1 atom stereocenters. The second-order valence-electron chi connectivity index (χ2n) is 8.41. The molecule has 2 saturated heterocycles. The number of nitrogens with zero attached hydrogens (tertiary/aromatic N) is 2. The van der Waals surface area contributed by atoms with Crippen LogP contribution < -0.4 is 10.1 Å². The summed E-state index contributed by atoms with van der Waals surface area (Å²) in [6.07, 6.45) is 4.44. The van der Waals surface area contributed by atoms with Gasteiger partial charge < -0.3 is 25.0 Å². The van der Waals surface area contributed by atoms with Crippen molar-refractivity contribution in [3.63, 3.8) is 0 Å². The van der Waals surface area contributed by atoms with E-state index in [1.54, 1.807) is 13.2 Å². The van der Waals surface area contributed by atoms with Gasteiger partial charge in [-0.2, -0.15) is 0 Å². The van der Waals surface area contributed by atoms with E-state index in [2.05, 4.69) is 22.0 Å². The first kappa shape index (κ1) is 21.1. The van der Waals surface area contributed by atoms with Gasteiger partial charge in [-0.05, 0) is 75.5 Å². The highest BCUT2D eigenvalue weighted by atomic mass is 16.5. The number of β-amino-alcohol motifs (C(OH)–C–C–N with tert-alkyl or cyclic N) is 1. The molecule has 2 aliphatic rings. The van der Waals surface area contributed by atoms with E-state index in [1.165, 1.54) is 45.7 Å². The fraction of sp³-hybridized carbons (Fsp3) is 0.682. The van der Waals surface area contributed by atoms with Crippen LogP contribution in [-0.2, 0) is 4.79 Å². The number of rotatable bonds is 6. The molecule has 0 bridgehead atoms. The minimum absolute atomic E-state index is 0.154. The number of carbonyl (C=O) groups is 1. The molecule has 1 amide bonds. The lowest BCUT2D eigenvalue weighted by Gasteiger charge is -2.41. The molecule has 6 nitrogen and oxygen atoms in total. The average molecular weight is 390 g/mol. The molecule has 1 aromatic rings. The van der Waals surface area contributed by atoms with Gasteiger partial charge in [-0.3, -0.25) is 4.79 Å². The number of hydrogen-bond donors (Lipinski definition) is 2. The van der Waals surface area contributed by atoms with E-state index in [-0.39, 0.29) is 5.91 Å². The smallest absolute Gasteiger partial charge is 0.221 e. The Morgan fingerprint density at radius 1 is 1.21 bits per heavy atom. The van der Waals surface area contributed by atoms with Crippen LogP contribution in [0.4, 0.5) is 5.69 Å². The quantitative estimate of drug-likeness (QED) is 0.783. The van der Waals surface area contributed by atoms with Crippen molar-refractivity contribution in [2.24, 2.45) is 5.92 Å². The number of amides is 1. The summed E-state index contributed by atoms with van der Waals surface area (Å²) in [5, 5.41) is 13.5. The molecule has 156 valence electrons. The molecule has 2 aliphatic heterocycles. The Hall–Kier alpha value is -1.63. The summed E-state index contributed by atoms with van der Waals surface area (Å²) >= 11 is 0. The number of benzene rings is 1. The van der Waals surface area contributed by atoms with E-state index in [9.17, 15) is 9.90 Å². The van der Waals surface area contributed by atoms with Gasteiger partial charge in [0.2, 0.25) is 5.91 Å². The van der Waals surface area contributed by atoms with Gasteiger partial charge in [0.15, 0.2) is 0 Å². The molecule has 3 rings (SSSR count). The van der Waals surface area contributed by atoms with Crippen LogP contribution in [0.1, 0.15) is 51.2 Å². The first-order chi connectivity index (χ1) is 13.5. The first-order valence-corrected chi connectivity index (χ1v) is 10.6. The van der Waals surface area contributed by atoms with Crippen molar-refractivity contribution in [3.05, 3.63) is 23.8 Å². The Balaban J connectivity index is 1.53. The highest BCUT2D eigenvalue weighted by Gasteiger charge is 2.28. The number of aliphatic hydroxyl groups excluding tert-OH is 1. The van der Waals surface area contributed by atoms with E-state index in [1.807, 2.05) is 12.1 Å². The van der Waals surface area contributed by atoms with Crippen LogP contribution in [0.2, 0.25) is 0 Å². The number of aliphatic hydroxyl groups is 1. The summed E-state index contributed by atoms with van der Waals surface area (Å²) in [4.78, 5) is 16.5. The van der Waals surface area contributed by atoms with Crippen LogP contribution in [0.25, 0.3) is 0 Å². The van der Waals surface area contributed by atoms with E-state index in [4.69, 9.17) is 4.74 Å². The molecule has 0 aromatic heterocycles. The first-order valence-electron chi connectivity index (χ1n) is 10.6. The maximum Gasteiger partial charge on any atom is 0.221 e. The van der Waals surface area contributed by atoms with Crippen molar-refractivity contribution in [1.82, 2.24) is 9.80 Å². The third-order valence-electron chi connectivity index (χ3n) is 6.24. The number of piperidine rings is 2. The summed E-state index contributed by atoms with van der Waals surface area (Å²) in [6, 6.07) is 6.18. The standard InChI is InChI=1S/C22H35N3O3/c1-16-6-12-25(13-7-16)19-8-10-24(11-9-19)15-21(27)18-4-5-22(28-3)20(14-18)23-17(2)26/h4-5,14,16,19,21,27H,6-13,15H2,1-3H3,(H,23,26)/t21-/m1/s1. The predicted octanol–water partition coefficient (Wildman–Crippen LogP) is 2.88. The Morgan fingerprint density at radius 3 is 2.50 bits per heavy atom. The van der Waals surface area contributed by atoms with Crippen molar-refractivity contribution < 1.29 is 14.6 Å². The van der Waals surface area contributed by atoms with Gasteiger partial charge in [-0.25, -0.2) is 0 Å². The van der Waals surface area contributed by atoms with Crippen LogP contribution in [0.3, 0.4) is 0 Å². The van der Waals surface area contributed by atoms with E-state index in [0.717, 1.165) is 24.6 Å². The third kappa shape index (κ3) is 5.46. The molecular formula is C22H35N3O3. The van der Waals surface area contributed by atoms with Gasteiger partial charge >= 0.3 is 0 Å². The highest BCUT2D eigenvalue weighted by molar-refractivity contribution is 5.90. The topological polar surface area (TPSA) is 65.0 Å². The summed E-state index contributed by atoms with van der Waals surface area (Å²) in [5.41, 5.74) is 1.40. The SMILES string of the molecule is COc1ccc([C@H](O)CN2CCC(N3CCC(C)CC3)CC2)cc1NC(C)=O. The van der Waals surface area contributed by atoms with E-state index < -0.39 is 6.10 Å². The Labute approximate surface area is 168 Å². The Bertz CT molecular complexity index is 650. The van der Waals surface area contributed by atoms with Crippen molar-refractivity contribution in [1.29, 1.82) is 0 Å². The van der Waals surface area contributed by atoms with Crippen molar-refractivity contribution in [2.75, 3.05) is 45.2 Å². The zero-order valence-corrected chi connectivity index (χ0v) is 17.5. The lowest BCUT2D eigenvalue weighted by molar-refractivity contribution is -0.114. The van der Waals surface area contributed by atoms with Crippen LogP contribution in [-0.4, -0.2) is 66.7 Å². The summed E-state index contributed by atoms with van der Waals surface area (Å²) in [6.45, 7) is 8.99. The summed E-state index contributed by atoms with van der Waals surface area (Å²) in [7, 11) is 1.57. The fourth-order valence-electron chi connectivity index (χ4n) is 4.43. The number of hydrogen-bond acceptors (Lipinski definition) is 5. The lowest BCUT2D eigenvalue weighted by Crippen LogP contribution is -2.48. The van der Waals surface area contributed by atoms with Gasteiger partial charge in [-0.1, -0.05) is 13.0 Å². The summed E-state index contributed by atoms with van der Waals surface area (Å²) in [5.74, 6) is 1.32. The largest absolute Gasteiger partial charge is 0.495 e. The van der Waals surface area contributed by atoms with Crippen molar-refractivity contribution >= 4 is 11.6 Å². The van der Waals surface area contributed by atoms with Crippen molar-refractivity contribution in [3.8, 4) is 5.75 Å². The molecule has 2 fully saturated rings. The fourth-order valence-corrected chi connectivity index (χ4v) is 4.43. The van der Waals surface area contributed by atoms with Gasteiger partial charge in [0, 0.05) is 19.5 Å². The molecule has 0 saturated carbocycles. The molecule has 0 unspecified atom stereocenters. The molecule has 2 heterocycles. The lowest BCUT2D eigenvalue weighted by atomic mass is 9.94. The Morgan fingerprint density at radius 2 is 1.89 bits per heavy atom. The molecule has 6 heteroatoms. The molecule has 0 radical (unpaired) electrons. The number of methoxy groups -OCH3 is 1. The second kappa shape index (κ2) is 9.72. The molecule has 28 heavy (non-hydrogen) atoms. The van der Waals surface area contributed by atoms with Gasteiger partial charge in [0.1, 0.15) is 5.75 Å². The van der Waals surface area contributed by atoms with Crippen molar-refractivity contribution in [2.45, 2.75) is 51.7 Å². The number of anilines is 1. The zero-order valence-electron chi connectivity index (χ0n) is 17.5. The third-order valence-corrected chi connectivity index (χ3v) is 6.24. The average Bonchev–Trinajstić information content (AvgIpc) is 2.69. The maximum absolute atomic E-state index is 11.4. The van der Waals surface area contributed by atoms with Crippen LogP contribution in [0, 0.1) is 5.92 Å². The minimum atomic E-state index is -0.578. The number of likely N-dealkylation sites (tertiary alicyclic amines) is 2. The molecule has 0 spiro atoms. The maximum atomic E-state index is 11.4. The second-order valence-corrected chi connectivity index (χ2v) is 8.41. The minimum Gasteiger partial charge on any atom is -0.495 e. The van der Waals surface area contributed by atoms with Crippen LogP contribution in [0.15, 0.2) is 18.2 Å². The molecular weight excluding hydrogens is 354 g/mol. The number of carbonyl (C=O) groups excluding carboxylic acids is 1. The molecule has 2 N–H and O–H groups in total. The van der Waals surface area contributed by atoms with E-state index >= 15 is 0 Å². The van der Waals surface area contributed by atoms with Gasteiger partial charge in [-0.15, -0.1) is 0 Å². The van der Waals surface area contributed by atoms with Crippen LogP contribution >= 0.6 is 0 Å². The normalized spacial score (nSPS) is 21.4. The predicted molar refractivity (Wildman–Crippen MR) is 112 cm³/mol. The Kier molecular flexibility index (Phi) is 7.32. The monoisotopic (exact) mass is 389 g/mol. The molecule has 1 aromatic carbocycles. The molecule has 0 aliphatic carbocycles. The van der Waals surface area contributed by atoms with Crippen LogP contribution in [0.5, 0.6) is 5.75 Å². The number of ether oxygens (including phenoxy) is 1.